The smallest absolute Gasteiger partial charge is 0.478 e. The summed E-state index contributed by atoms with van der Waals surface area (Å²) in [5.41, 5.74) is 1.12. The van der Waals surface area contributed by atoms with E-state index in [2.05, 4.69) is 16.8 Å². The molecule has 0 aliphatic rings. The van der Waals surface area contributed by atoms with Crippen molar-refractivity contribution in [3.63, 3.8) is 0 Å². The van der Waals surface area contributed by atoms with Crippen LogP contribution in [0.4, 0.5) is 13.2 Å². The second-order valence-corrected chi connectivity index (χ2v) is 7.81. The van der Waals surface area contributed by atoms with Gasteiger partial charge in [-0.15, -0.1) is 0 Å². The third-order valence-electron chi connectivity index (χ3n) is 5.19. The molecule has 0 unspecified atom stereocenters. The van der Waals surface area contributed by atoms with E-state index in [1.54, 1.807) is 49.9 Å². The molecule has 2 heterocycles. The molecule has 4 aromatic rings. The van der Waals surface area contributed by atoms with Crippen LogP contribution in [0.1, 0.15) is 21.5 Å². The minimum absolute atomic E-state index is 0.0396. The van der Waals surface area contributed by atoms with Gasteiger partial charge < -0.3 is 14.8 Å². The van der Waals surface area contributed by atoms with Gasteiger partial charge in [-0.05, 0) is 35.9 Å². The highest BCUT2D eigenvalue weighted by Crippen LogP contribution is 2.13. The van der Waals surface area contributed by atoms with Gasteiger partial charge in [-0.25, -0.2) is 19.4 Å². The summed E-state index contributed by atoms with van der Waals surface area (Å²) in [4.78, 5) is 49.7. The van der Waals surface area contributed by atoms with Gasteiger partial charge in [0.25, 0.3) is 5.56 Å². The fourth-order valence-electron chi connectivity index (χ4n) is 3.28. The highest BCUT2D eigenvalue weighted by molar-refractivity contribution is 5.87. The Hall–Kier alpha value is -5.12. The summed E-state index contributed by atoms with van der Waals surface area (Å²) in [6.07, 6.45) is 0.0783. The van der Waals surface area contributed by atoms with Gasteiger partial charge in [0.05, 0.1) is 35.9 Å². The van der Waals surface area contributed by atoms with Gasteiger partial charge in [0.2, 0.25) is 0 Å². The molecular formula is C25H19F3N4O6. The highest BCUT2D eigenvalue weighted by Gasteiger charge is 2.38. The van der Waals surface area contributed by atoms with Crippen LogP contribution in [-0.4, -0.2) is 47.0 Å². The topological polar surface area (TPSA) is 136 Å². The maximum Gasteiger partial charge on any atom is 0.490 e. The molecule has 0 bridgehead atoms. The Labute approximate surface area is 211 Å². The number of aromatic nitrogens is 4. The van der Waals surface area contributed by atoms with E-state index in [1.807, 2.05) is 10.8 Å². The Bertz CT molecular complexity index is 1660. The van der Waals surface area contributed by atoms with E-state index >= 15 is 0 Å². The molecule has 0 radical (unpaired) electrons. The summed E-state index contributed by atoms with van der Waals surface area (Å²) in [7, 11) is 1.61. The third-order valence-corrected chi connectivity index (χ3v) is 5.19. The van der Waals surface area contributed by atoms with E-state index < -0.39 is 29.4 Å². The minimum atomic E-state index is -5.08. The zero-order valence-corrected chi connectivity index (χ0v) is 19.6. The van der Waals surface area contributed by atoms with Crippen molar-refractivity contribution >= 4 is 22.8 Å². The SMILES string of the molecule is Cn1c(=O)n(Cc2ccc(C(=O)O)cc2)c(=O)c2cc(C#CCn3ccnc3)ccc21.O=C(O)C(F)(F)F. The maximum atomic E-state index is 13.1. The number of aliphatic carboxylic acids is 1. The Morgan fingerprint density at radius 3 is 2.26 bits per heavy atom. The van der Waals surface area contributed by atoms with Crippen LogP contribution >= 0.6 is 0 Å². The number of alkyl halides is 3. The number of benzene rings is 2. The summed E-state index contributed by atoms with van der Waals surface area (Å²) >= 11 is 0. The molecule has 0 atom stereocenters. The third kappa shape index (κ3) is 6.55. The molecule has 2 aromatic heterocycles. The lowest BCUT2D eigenvalue weighted by atomic mass is 10.1. The van der Waals surface area contributed by atoms with Crippen molar-refractivity contribution in [2.45, 2.75) is 19.3 Å². The summed E-state index contributed by atoms with van der Waals surface area (Å²) in [6, 6.07) is 11.3. The molecule has 0 spiro atoms. The van der Waals surface area contributed by atoms with Gasteiger partial charge in [0.15, 0.2) is 0 Å². The van der Waals surface area contributed by atoms with Crippen LogP contribution in [0.5, 0.6) is 0 Å². The molecular weight excluding hydrogens is 509 g/mol. The number of halogens is 3. The second kappa shape index (κ2) is 11.3. The summed E-state index contributed by atoms with van der Waals surface area (Å²) in [5.74, 6) is 2.27. The van der Waals surface area contributed by atoms with Crippen LogP contribution in [0.25, 0.3) is 10.9 Å². The van der Waals surface area contributed by atoms with E-state index in [-0.39, 0.29) is 12.1 Å². The van der Waals surface area contributed by atoms with Crippen LogP contribution in [-0.2, 0) is 24.9 Å². The molecule has 196 valence electrons. The van der Waals surface area contributed by atoms with Crippen LogP contribution in [0.2, 0.25) is 0 Å². The number of carbonyl (C=O) groups is 2. The maximum absolute atomic E-state index is 13.1. The van der Waals surface area contributed by atoms with Gasteiger partial charge in [0.1, 0.15) is 0 Å². The Morgan fingerprint density at radius 2 is 1.71 bits per heavy atom. The fraction of sp³-hybridized carbons (Fsp3) is 0.160. The molecule has 0 amide bonds. The van der Waals surface area contributed by atoms with E-state index in [1.165, 1.54) is 16.7 Å². The van der Waals surface area contributed by atoms with Crippen LogP contribution in [0, 0.1) is 11.8 Å². The predicted molar refractivity (Wildman–Crippen MR) is 129 cm³/mol. The summed E-state index contributed by atoms with van der Waals surface area (Å²) in [6.45, 7) is 0.514. The number of hydrogen-bond donors (Lipinski definition) is 2. The average molecular weight is 528 g/mol. The van der Waals surface area contributed by atoms with Gasteiger partial charge in [-0.1, -0.05) is 24.0 Å². The minimum Gasteiger partial charge on any atom is -0.478 e. The lowest BCUT2D eigenvalue weighted by molar-refractivity contribution is -0.192. The normalized spacial score (nSPS) is 10.7. The zero-order chi connectivity index (χ0) is 28.0. The van der Waals surface area contributed by atoms with Gasteiger partial charge in [-0.2, -0.15) is 13.2 Å². The van der Waals surface area contributed by atoms with Crippen molar-refractivity contribution in [3.8, 4) is 11.8 Å². The lowest BCUT2D eigenvalue weighted by Gasteiger charge is -2.11. The van der Waals surface area contributed by atoms with E-state index in [9.17, 15) is 27.6 Å². The Balaban J connectivity index is 0.000000505. The Kier molecular flexibility index (Phi) is 8.16. The first kappa shape index (κ1) is 27.5. The second-order valence-electron chi connectivity index (χ2n) is 7.81. The molecule has 38 heavy (non-hydrogen) atoms. The number of fused-ring (bicyclic) bond motifs is 1. The lowest BCUT2D eigenvalue weighted by Crippen LogP contribution is -2.39. The fourth-order valence-corrected chi connectivity index (χ4v) is 3.28. The summed E-state index contributed by atoms with van der Waals surface area (Å²) in [5, 5.41) is 16.5. The number of rotatable bonds is 4. The molecule has 0 saturated heterocycles. The van der Waals surface area contributed by atoms with Gasteiger partial charge in [-0.3, -0.25) is 13.9 Å². The Morgan fingerprint density at radius 1 is 1.05 bits per heavy atom. The standard InChI is InChI=1S/C23H18N4O4.C2HF3O2/c1-25-20-9-6-16(3-2-11-26-12-10-24-15-26)13-19(20)21(28)27(23(25)31)14-17-4-7-18(8-5-17)22(29)30;3-2(4,5)1(6)7/h4-10,12-13,15H,11,14H2,1H3,(H,29,30);(H,6,7). The number of carboxylic acid groups (broad SMARTS) is 2. The van der Waals surface area contributed by atoms with Crippen molar-refractivity contribution < 1.29 is 33.0 Å². The monoisotopic (exact) mass is 528 g/mol. The molecule has 4 rings (SSSR count). The first-order valence-electron chi connectivity index (χ1n) is 10.7. The van der Waals surface area contributed by atoms with E-state index in [0.717, 1.165) is 4.57 Å². The quantitative estimate of drug-likeness (QED) is 0.388. The first-order chi connectivity index (χ1) is 17.9. The van der Waals surface area contributed by atoms with Crippen LogP contribution in [0.15, 0.2) is 70.8 Å². The zero-order valence-electron chi connectivity index (χ0n) is 19.6. The molecule has 13 heteroatoms. The van der Waals surface area contributed by atoms with Crippen LogP contribution < -0.4 is 11.2 Å². The number of aromatic carboxylic acids is 1. The number of aryl methyl sites for hydroxylation is 1. The van der Waals surface area contributed by atoms with Gasteiger partial charge in [0, 0.05) is 25.0 Å². The number of imidazole rings is 1. The molecule has 2 N–H and O–H groups in total. The molecule has 0 aliphatic carbocycles. The summed E-state index contributed by atoms with van der Waals surface area (Å²) < 4.78 is 36.1. The molecule has 0 fully saturated rings. The van der Waals surface area contributed by atoms with E-state index in [4.69, 9.17) is 15.0 Å². The number of carboxylic acids is 2. The van der Waals surface area contributed by atoms with Crippen LogP contribution in [0.3, 0.4) is 0 Å². The predicted octanol–water partition coefficient (Wildman–Crippen LogP) is 2.33. The molecule has 0 saturated carbocycles. The van der Waals surface area contributed by atoms with Crippen molar-refractivity contribution in [3.05, 3.63) is 98.7 Å². The highest BCUT2D eigenvalue weighted by atomic mass is 19.4. The van der Waals surface area contributed by atoms with Crippen molar-refractivity contribution in [2.75, 3.05) is 0 Å². The van der Waals surface area contributed by atoms with E-state index in [0.29, 0.717) is 28.6 Å². The van der Waals surface area contributed by atoms with Crippen molar-refractivity contribution in [1.82, 2.24) is 18.7 Å². The van der Waals surface area contributed by atoms with Crippen molar-refractivity contribution in [1.29, 1.82) is 0 Å². The number of nitrogens with zero attached hydrogens (tertiary/aromatic N) is 4. The number of hydrogen-bond acceptors (Lipinski definition) is 5. The van der Waals surface area contributed by atoms with Crippen molar-refractivity contribution in [2.24, 2.45) is 7.05 Å². The first-order valence-corrected chi connectivity index (χ1v) is 10.7. The molecule has 10 nitrogen and oxygen atoms in total. The van der Waals surface area contributed by atoms with Gasteiger partial charge >= 0.3 is 23.8 Å². The average Bonchev–Trinajstić information content (AvgIpc) is 3.39. The largest absolute Gasteiger partial charge is 0.490 e. The molecule has 2 aromatic carbocycles. The molecule has 0 aliphatic heterocycles.